The molecule has 0 saturated carbocycles. The van der Waals surface area contributed by atoms with Gasteiger partial charge in [-0.25, -0.2) is 19.0 Å². The van der Waals surface area contributed by atoms with Crippen molar-refractivity contribution in [3.63, 3.8) is 0 Å². The molecule has 0 spiro atoms. The Bertz CT molecular complexity index is 3510. The molecule has 0 saturated heterocycles. The van der Waals surface area contributed by atoms with E-state index in [1.807, 2.05) is 88.4 Å². The van der Waals surface area contributed by atoms with Gasteiger partial charge in [-0.2, -0.15) is 15.5 Å². The summed E-state index contributed by atoms with van der Waals surface area (Å²) in [6.07, 6.45) is 4.25. The van der Waals surface area contributed by atoms with E-state index in [0.717, 1.165) is 22.5 Å². The van der Waals surface area contributed by atoms with Crippen LogP contribution in [0.15, 0.2) is 143 Å². The topological polar surface area (TPSA) is 220 Å². The highest BCUT2D eigenvalue weighted by atomic mass is 16.5. The van der Waals surface area contributed by atoms with Gasteiger partial charge >= 0.3 is 6.03 Å². The van der Waals surface area contributed by atoms with E-state index in [2.05, 4.69) is 31.7 Å². The summed E-state index contributed by atoms with van der Waals surface area (Å²) >= 11 is 0. The van der Waals surface area contributed by atoms with E-state index >= 15 is 0 Å². The van der Waals surface area contributed by atoms with Gasteiger partial charge in [0.2, 0.25) is 0 Å². The summed E-state index contributed by atoms with van der Waals surface area (Å²) in [6.45, 7) is 17.6. The predicted molar refractivity (Wildman–Crippen MR) is 311 cm³/mol. The third kappa shape index (κ3) is 14.7. The summed E-state index contributed by atoms with van der Waals surface area (Å²) in [7, 11) is 0. The standard InChI is InChI=1S/C63H64N10O9/c1-43-10-6-12-51(38-43)70-45(3)53(57-24-26-68-72(57)49-20-16-47(42-64)17-21-49)40-55(61(70)76)59(74)14-8-30-79-34-36-81-32-28-66-63(78)67-29-33-82-37-35-80-31-9-15-60(75)56-41-54(46(4)71(62(56)77)52-13-7-11-44(2)39-52)58-25-27-69-73(58)50-22-18-48(65-5)19-23-50/h6-7,10-13,16-27,38-41H,8-9,14-15,28-37H2,1-4H3,(H2,66,67,78). The fraction of sp³-hybridized carbons (Fsp3) is 0.286. The van der Waals surface area contributed by atoms with E-state index in [1.54, 1.807) is 91.6 Å². The molecule has 19 nitrogen and oxygen atoms in total. The minimum absolute atomic E-state index is 0.0565. The molecule has 82 heavy (non-hydrogen) atoms. The monoisotopic (exact) mass is 1100 g/mol. The average Bonchev–Trinajstić information content (AvgIpc) is 4.34. The molecule has 0 fully saturated rings. The van der Waals surface area contributed by atoms with Crippen molar-refractivity contribution < 1.29 is 33.3 Å². The van der Waals surface area contributed by atoms with Crippen molar-refractivity contribution in [2.75, 3.05) is 65.9 Å². The molecular formula is C63H64N10O9. The normalized spacial score (nSPS) is 11.0. The molecule has 19 heteroatoms. The van der Waals surface area contributed by atoms with Gasteiger partial charge in [-0.1, -0.05) is 36.4 Å². The number of urea groups is 1. The molecule has 8 rings (SSSR count). The van der Waals surface area contributed by atoms with Crippen LogP contribution in [0.1, 0.15) is 74.5 Å². The first-order valence-electron chi connectivity index (χ1n) is 27.0. The van der Waals surface area contributed by atoms with Gasteiger partial charge in [-0.3, -0.25) is 28.3 Å². The Balaban J connectivity index is 0.702. The molecule has 0 bridgehead atoms. The number of carbonyl (C=O) groups excluding carboxylic acids is 3. The molecule has 420 valence electrons. The van der Waals surface area contributed by atoms with Gasteiger partial charge in [-0.15, -0.1) is 0 Å². The van der Waals surface area contributed by atoms with Crippen LogP contribution in [0.3, 0.4) is 0 Å². The van der Waals surface area contributed by atoms with Crippen LogP contribution in [-0.4, -0.2) is 112 Å². The van der Waals surface area contributed by atoms with Crippen molar-refractivity contribution in [1.82, 2.24) is 39.3 Å². The number of hydrogen-bond donors (Lipinski definition) is 2. The lowest BCUT2D eigenvalue weighted by molar-refractivity contribution is 0.0465. The Morgan fingerprint density at radius 2 is 0.976 bits per heavy atom. The van der Waals surface area contributed by atoms with Crippen LogP contribution in [0.5, 0.6) is 0 Å². The fourth-order valence-electron chi connectivity index (χ4n) is 9.37. The van der Waals surface area contributed by atoms with Gasteiger partial charge in [-0.05, 0) is 137 Å². The highest BCUT2D eigenvalue weighted by Gasteiger charge is 2.24. The minimum atomic E-state index is -0.414. The first-order chi connectivity index (χ1) is 39.9. The zero-order chi connectivity index (χ0) is 58.0. The Morgan fingerprint density at radius 3 is 1.39 bits per heavy atom. The molecule has 0 unspecified atom stereocenters. The summed E-state index contributed by atoms with van der Waals surface area (Å²) < 4.78 is 29.2. The smallest absolute Gasteiger partial charge is 0.314 e. The number of nitrogens with zero attached hydrogens (tertiary/aromatic N) is 8. The number of amides is 2. The van der Waals surface area contributed by atoms with E-state index in [0.29, 0.717) is 69.4 Å². The first-order valence-corrected chi connectivity index (χ1v) is 27.0. The van der Waals surface area contributed by atoms with Gasteiger partial charge in [0.15, 0.2) is 17.3 Å². The lowest BCUT2D eigenvalue weighted by Crippen LogP contribution is -2.39. The van der Waals surface area contributed by atoms with Gasteiger partial charge in [0.1, 0.15) is 0 Å². The SMILES string of the molecule is [C-]#[N+]c1ccc(-n2nccc2-c2cc(C(=O)CCCOCCOCCNC(=O)NCCOCCOCCCC(=O)c3cc(-c4ccnn4-c4ccc(C#N)cc4)c(C)n(-c4cccc(C)c4)c3=O)c(=O)n(-c3cccc(C)c3)c2C)cc1. The molecule has 0 radical (unpaired) electrons. The van der Waals surface area contributed by atoms with E-state index in [4.69, 9.17) is 25.5 Å². The van der Waals surface area contributed by atoms with Crippen LogP contribution in [0.2, 0.25) is 0 Å². The summed E-state index contributed by atoms with van der Waals surface area (Å²) in [5, 5.41) is 23.8. The molecule has 4 aromatic carbocycles. The van der Waals surface area contributed by atoms with E-state index in [1.165, 1.54) is 0 Å². The lowest BCUT2D eigenvalue weighted by atomic mass is 10.0. The Hall–Kier alpha value is -9.37. The largest absolute Gasteiger partial charge is 0.379 e. The maximum Gasteiger partial charge on any atom is 0.314 e. The number of ether oxygens (including phenoxy) is 4. The molecular weight excluding hydrogens is 1040 g/mol. The molecule has 4 heterocycles. The van der Waals surface area contributed by atoms with Crippen LogP contribution in [0.25, 0.3) is 50.1 Å². The van der Waals surface area contributed by atoms with Gasteiger partial charge in [0.05, 0.1) is 104 Å². The number of nitrogens with one attached hydrogen (secondary N) is 2. The second-order valence-corrected chi connectivity index (χ2v) is 19.3. The summed E-state index contributed by atoms with van der Waals surface area (Å²) in [4.78, 5) is 71.4. The predicted octanol–water partition coefficient (Wildman–Crippen LogP) is 9.34. The molecule has 4 aromatic heterocycles. The number of carbonyl (C=O) groups is 3. The van der Waals surface area contributed by atoms with Crippen LogP contribution in [-0.2, 0) is 18.9 Å². The van der Waals surface area contributed by atoms with E-state index in [9.17, 15) is 29.2 Å². The number of benzene rings is 4. The molecule has 0 atom stereocenters. The van der Waals surface area contributed by atoms with Crippen molar-refractivity contribution in [3.05, 3.63) is 205 Å². The van der Waals surface area contributed by atoms with Crippen LogP contribution in [0, 0.1) is 45.6 Å². The first kappa shape index (κ1) is 58.8. The van der Waals surface area contributed by atoms with Gasteiger partial charge < -0.3 is 29.6 Å². The number of rotatable bonds is 28. The Kier molecular flexibility index (Phi) is 20.6. The van der Waals surface area contributed by atoms with Gasteiger partial charge in [0, 0.05) is 73.0 Å². The third-order valence-corrected chi connectivity index (χ3v) is 13.5. The molecule has 0 aliphatic carbocycles. The van der Waals surface area contributed by atoms with Crippen molar-refractivity contribution in [1.29, 1.82) is 5.26 Å². The minimum Gasteiger partial charge on any atom is -0.379 e. The van der Waals surface area contributed by atoms with Gasteiger partial charge in [0.25, 0.3) is 11.1 Å². The van der Waals surface area contributed by atoms with Crippen molar-refractivity contribution >= 4 is 23.3 Å². The molecule has 0 aliphatic rings. The van der Waals surface area contributed by atoms with Crippen LogP contribution >= 0.6 is 0 Å². The number of Topliss-reactive ketones (excluding diaryl/α,β-unsaturated/α-hetero) is 2. The average molecular weight is 1110 g/mol. The Labute approximate surface area is 475 Å². The third-order valence-electron chi connectivity index (χ3n) is 13.5. The Morgan fingerprint density at radius 1 is 0.549 bits per heavy atom. The fourth-order valence-corrected chi connectivity index (χ4v) is 9.37. The number of pyridine rings is 2. The number of nitriles is 1. The number of aryl methyl sites for hydroxylation is 2. The van der Waals surface area contributed by atoms with Crippen molar-refractivity contribution in [3.8, 4) is 51.3 Å². The molecule has 2 N–H and O–H groups in total. The zero-order valence-corrected chi connectivity index (χ0v) is 46.4. The molecule has 8 aromatic rings. The van der Waals surface area contributed by atoms with Crippen LogP contribution < -0.4 is 21.8 Å². The number of aromatic nitrogens is 6. The van der Waals surface area contributed by atoms with Crippen LogP contribution in [0.4, 0.5) is 10.5 Å². The second-order valence-electron chi connectivity index (χ2n) is 19.3. The summed E-state index contributed by atoms with van der Waals surface area (Å²) in [5.74, 6) is -0.620. The molecule has 2 amide bonds. The van der Waals surface area contributed by atoms with E-state index in [-0.39, 0.29) is 108 Å². The molecule has 0 aliphatic heterocycles. The quantitative estimate of drug-likeness (QED) is 0.0266. The van der Waals surface area contributed by atoms with E-state index < -0.39 is 11.1 Å². The number of hydrogen-bond acceptors (Lipinski definition) is 12. The van der Waals surface area contributed by atoms with Crippen molar-refractivity contribution in [2.45, 2.75) is 53.4 Å². The number of ketones is 2. The summed E-state index contributed by atoms with van der Waals surface area (Å²) in [6, 6.07) is 37.9. The lowest BCUT2D eigenvalue weighted by Gasteiger charge is -2.18. The van der Waals surface area contributed by atoms with Crippen molar-refractivity contribution in [2.24, 2.45) is 0 Å². The summed E-state index contributed by atoms with van der Waals surface area (Å²) in [5.41, 5.74) is 8.94. The maximum absolute atomic E-state index is 14.1. The highest BCUT2D eigenvalue weighted by Crippen LogP contribution is 2.30. The second kappa shape index (κ2) is 28.7. The zero-order valence-electron chi connectivity index (χ0n) is 46.4. The highest BCUT2D eigenvalue weighted by molar-refractivity contribution is 5.98. The maximum atomic E-state index is 14.1.